The van der Waals surface area contributed by atoms with Crippen LogP contribution in [0, 0.1) is 5.92 Å². The van der Waals surface area contributed by atoms with Crippen molar-refractivity contribution >= 4 is 198 Å². The van der Waals surface area contributed by atoms with Gasteiger partial charge in [-0.2, -0.15) is 47.0 Å². The lowest BCUT2D eigenvalue weighted by molar-refractivity contribution is -0.158. The molecule has 2 aromatic carbocycles. The average molecular weight is 2150 g/mol. The summed E-state index contributed by atoms with van der Waals surface area (Å²) in [6.07, 6.45) is 7.38. The van der Waals surface area contributed by atoms with E-state index in [2.05, 4.69) is 94.0 Å². The smallest absolute Gasteiger partial charge is 0.327 e. The summed E-state index contributed by atoms with van der Waals surface area (Å²) in [4.78, 5) is 318. The quantitative estimate of drug-likeness (QED) is 0.0320. The summed E-state index contributed by atoms with van der Waals surface area (Å²) < 4.78 is 0. The van der Waals surface area contributed by atoms with E-state index in [0.29, 0.717) is 61.6 Å². The summed E-state index contributed by atoms with van der Waals surface area (Å²) in [7, 11) is 0. The van der Waals surface area contributed by atoms with E-state index in [1.165, 1.54) is 55.6 Å². The number of aliphatic hydroxyl groups excluding tert-OH is 1. The molecule has 7 aromatic rings. The number of aromatic amines is 3. The minimum Gasteiger partial charge on any atom is -0.480 e. The van der Waals surface area contributed by atoms with Gasteiger partial charge in [0.1, 0.15) is 90.2 Å². The van der Waals surface area contributed by atoms with Crippen LogP contribution in [0.4, 0.5) is 0 Å². The molecule has 0 spiro atoms. The molecule has 15 atom stereocenters. The van der Waals surface area contributed by atoms with Gasteiger partial charge in [-0.05, 0) is 129 Å². The number of rotatable bonds is 22. The van der Waals surface area contributed by atoms with Gasteiger partial charge < -0.3 is 130 Å². The Balaban J connectivity index is 0.888. The Labute approximate surface area is 881 Å². The molecule has 0 aliphatic carbocycles. The molecule has 12 rings (SSSR count). The van der Waals surface area contributed by atoms with Crippen LogP contribution in [-0.4, -0.2) is 362 Å². The highest BCUT2D eigenvalue weighted by Crippen LogP contribution is 2.29. The molecular weight excluding hydrogens is 2020 g/mol. The summed E-state index contributed by atoms with van der Waals surface area (Å²) in [6, 6.07) is 0.177. The van der Waals surface area contributed by atoms with Gasteiger partial charge in [-0.15, -0.1) is 0 Å². The van der Waals surface area contributed by atoms with E-state index in [4.69, 9.17) is 11.5 Å². The molecule has 47 nitrogen and oxygen atoms in total. The molecule has 150 heavy (non-hydrogen) atoms. The normalized spacial score (nSPS) is 24.9. The highest BCUT2D eigenvalue weighted by molar-refractivity contribution is 7.99. The van der Waals surface area contributed by atoms with Gasteiger partial charge in [-0.1, -0.05) is 62.7 Å². The minimum atomic E-state index is -1.95. The molecule has 5 aliphatic rings. The van der Waals surface area contributed by atoms with Crippen molar-refractivity contribution in [3.05, 3.63) is 132 Å². The number of amides is 19. The van der Waals surface area contributed by atoms with Gasteiger partial charge >= 0.3 is 5.97 Å². The number of nitrogens with two attached hydrogens (primary N) is 2. The van der Waals surface area contributed by atoms with Crippen LogP contribution in [0.3, 0.4) is 0 Å². The Hall–Kier alpha value is -13.9. The number of hydrogen-bond donors (Lipinski definition) is 20. The molecule has 808 valence electrons. The fourth-order valence-corrected chi connectivity index (χ4v) is 21.7. The zero-order chi connectivity index (χ0) is 108. The van der Waals surface area contributed by atoms with Crippen LogP contribution in [0.2, 0.25) is 0 Å². The van der Waals surface area contributed by atoms with Crippen LogP contribution in [0.5, 0.6) is 0 Å². The van der Waals surface area contributed by atoms with E-state index in [0.717, 1.165) is 35.3 Å². The van der Waals surface area contributed by atoms with Crippen molar-refractivity contribution in [2.75, 3.05) is 99.3 Å². The number of nitrogens with zero attached hydrogens (tertiary/aromatic N) is 7. The number of fused-ring (bicyclic) bond motifs is 12. The van der Waals surface area contributed by atoms with E-state index in [1.54, 1.807) is 118 Å². The van der Waals surface area contributed by atoms with Crippen LogP contribution in [-0.2, 0) is 122 Å². The number of carbonyl (C=O) groups excluding carboxylic acids is 19. The molecule has 5 aliphatic heterocycles. The maximum atomic E-state index is 15.7. The van der Waals surface area contributed by atoms with Crippen molar-refractivity contribution in [1.29, 1.82) is 0 Å². The van der Waals surface area contributed by atoms with Gasteiger partial charge in [0.05, 0.1) is 39.6 Å². The third-order valence-corrected chi connectivity index (χ3v) is 30.5. The summed E-state index contributed by atoms with van der Waals surface area (Å²) in [5.41, 5.74) is 15.1. The number of hydrogen-bond acceptors (Lipinski definition) is 28. The van der Waals surface area contributed by atoms with Crippen LogP contribution in [0.25, 0.3) is 32.8 Å². The lowest BCUT2D eigenvalue weighted by Gasteiger charge is -2.42. The first-order valence-corrected chi connectivity index (χ1v) is 54.7. The van der Waals surface area contributed by atoms with E-state index in [-0.39, 0.29) is 170 Å². The van der Waals surface area contributed by atoms with Gasteiger partial charge in [0.2, 0.25) is 112 Å². The second-order valence-electron chi connectivity index (χ2n) is 37.4. The molecule has 5 aromatic heterocycles. The third-order valence-electron chi connectivity index (χ3n) is 26.6. The number of para-hydroxylation sites is 2. The Morgan fingerprint density at radius 3 is 1.56 bits per heavy atom. The second kappa shape index (κ2) is 56.1. The Kier molecular flexibility index (Phi) is 42.9. The van der Waals surface area contributed by atoms with E-state index >= 15 is 47.9 Å². The average Bonchev–Trinajstić information content (AvgIpc) is 1.64. The van der Waals surface area contributed by atoms with Crippen LogP contribution in [0.15, 0.2) is 110 Å². The SMILES string of the molecule is CC[C@H](C)[C@@H]1NC(=O)[C@@H]2CCCN2C(=O)[C@H](Cc2c[nH]c3ncccc23)NC(=O)[C@H](CO)NC(=O)[C@H](Cc2c[nH]c3ccccc23)NC(=O)[C@H](CC(N)=O)NC(=O)[C@H](CCCCN)NC(=O)[C@H](CCSC)NC(=O)[C@@H]2CSCCC(=O)N3CN(CN(C3)C(=O)CCSC[C@@H](NC(C)=O)C(=O)N3CCC[C@H]3C(=O)N[C@@H](Cc3ccccn3)C(=O)NCC(=O)N2)C(=O)CCSC[C@@H](C(=O)O)NC(=O)[C@H](Cc2c[nH]c3ccccc23)NC1=O. The number of carbonyl (C=O) groups is 20. The number of carboxylic acids is 1. The largest absolute Gasteiger partial charge is 0.480 e. The monoisotopic (exact) mass is 2150 g/mol. The highest BCUT2D eigenvalue weighted by Gasteiger charge is 2.45. The first kappa shape index (κ1) is 115. The molecule has 0 unspecified atom stereocenters. The topological polar surface area (TPSA) is 680 Å². The number of unbranched alkanes of at least 4 members (excludes halogenated alkanes) is 1. The molecular formula is C99H131N25O22S4. The van der Waals surface area contributed by atoms with Crippen molar-refractivity contribution in [1.82, 2.24) is 119 Å². The van der Waals surface area contributed by atoms with Crippen molar-refractivity contribution < 1.29 is 106 Å². The Morgan fingerprint density at radius 1 is 0.500 bits per heavy atom. The molecule has 0 saturated carbocycles. The third kappa shape index (κ3) is 31.8. The minimum absolute atomic E-state index is 0.0227. The van der Waals surface area contributed by atoms with Crippen LogP contribution in [0.1, 0.15) is 127 Å². The number of aromatic nitrogens is 5. The summed E-state index contributed by atoms with van der Waals surface area (Å²) in [6.45, 7) is 1.57. The number of aliphatic carboxylic acids is 1. The van der Waals surface area contributed by atoms with Crippen molar-refractivity contribution in [3.8, 4) is 0 Å². The molecule has 10 heterocycles. The zero-order valence-electron chi connectivity index (χ0n) is 83.7. The standard InChI is InChI=1S/C99H131N25O22S4/c1-5-55(2)84-96(142)115-69(40-58-45-105-65-22-9-7-19-62(58)65)90(136)118-76(99(145)146)51-150-38-29-83(131)122-53-120-52-121(54-122)82(130)28-37-149-50-75(108-56(3)126)98(144)124-34-15-24-77(124)94(140)114-70(42-60-17-11-13-31-102-60)86(132)107-47-80(128)109-74(49-148-36-27-81(120)129)93(139)111-67(26-35-147-4)88(134)110-66(23-10-12-30-100)87(133)113-71(43-79(101)127)91(137)112-68(39-57-44-104-64-21-8-6-18-61(57)64)89(135)117-73(48-125)92(138)116-72(41-59-46-106-85-63(59)20-14-32-103-85)97(143)123-33-16-25-78(123)95(141)119-84/h6-9,11,13-14,17-22,31-32,44-46,55,66-78,84,104-105,125H,5,10,12,15-16,23-30,33-43,47-54,100H2,1-4H3,(H2,101,127)(H,103,106)(H,107,132)(H,108,126)(H,109,128)(H,110,134)(H,111,139)(H,112,137)(H,113,133)(H,114,140)(H,115,142)(H,116,138)(H,117,135)(H,118,136)(H,119,141)(H,145,146)/t55-,66-,67-,68-,69-,70-,71-,72-,73-,74-,75+,76-,77-,78-,84-/m0/s1. The Morgan fingerprint density at radius 2 is 0.980 bits per heavy atom. The number of pyridine rings is 2. The van der Waals surface area contributed by atoms with Crippen molar-refractivity contribution in [2.45, 2.75) is 215 Å². The Bertz CT molecular complexity index is 6030. The van der Waals surface area contributed by atoms with E-state index in [1.807, 2.05) is 0 Å². The van der Waals surface area contributed by atoms with E-state index in [9.17, 15) is 58.2 Å². The number of primary amides is 1. The molecule has 5 saturated heterocycles. The number of H-pyrrole nitrogens is 3. The van der Waals surface area contributed by atoms with Gasteiger partial charge in [0.25, 0.3) is 0 Å². The molecule has 4 bridgehead atoms. The number of carboxylic acid groups (broad SMARTS) is 1. The molecule has 0 radical (unpaired) electrons. The molecule has 19 amide bonds. The zero-order valence-corrected chi connectivity index (χ0v) is 86.9. The van der Waals surface area contributed by atoms with Gasteiger partial charge in [-0.25, -0.2) is 9.78 Å². The molecule has 22 N–H and O–H groups in total. The maximum Gasteiger partial charge on any atom is 0.327 e. The summed E-state index contributed by atoms with van der Waals surface area (Å²) in [5, 5.41) is 58.3. The predicted octanol–water partition coefficient (Wildman–Crippen LogP) is -2.22. The summed E-state index contributed by atoms with van der Waals surface area (Å²) >= 11 is 4.29. The maximum absolute atomic E-state index is 15.7. The van der Waals surface area contributed by atoms with Crippen molar-refractivity contribution in [2.24, 2.45) is 17.4 Å². The first-order chi connectivity index (χ1) is 72.1. The van der Waals surface area contributed by atoms with Crippen molar-refractivity contribution in [3.63, 3.8) is 0 Å². The lowest BCUT2D eigenvalue weighted by atomic mass is 9.96. The molecule has 5 fully saturated rings. The predicted molar refractivity (Wildman–Crippen MR) is 558 cm³/mol. The fourth-order valence-electron chi connectivity index (χ4n) is 18.4. The number of thioether (sulfide) groups is 4. The lowest BCUT2D eigenvalue weighted by Crippen LogP contribution is -2.62. The summed E-state index contributed by atoms with van der Waals surface area (Å²) in [5.74, 6) is -20.0. The molecule has 51 heteroatoms. The number of nitrogens with one attached hydrogen (secondary N) is 16. The highest BCUT2D eigenvalue weighted by atomic mass is 32.2. The first-order valence-electron chi connectivity index (χ1n) is 49.9. The van der Waals surface area contributed by atoms with Gasteiger partial charge in [0, 0.05) is 163 Å². The second-order valence-corrected chi connectivity index (χ2v) is 41.9. The van der Waals surface area contributed by atoms with Crippen LogP contribution < -0.4 is 80.6 Å². The van der Waals surface area contributed by atoms with Crippen LogP contribution >= 0.6 is 47.0 Å². The van der Waals surface area contributed by atoms with Gasteiger partial charge in [-0.3, -0.25) is 96.1 Å². The number of aliphatic hydroxyl groups is 1. The van der Waals surface area contributed by atoms with Gasteiger partial charge in [0.15, 0.2) is 0 Å². The fraction of sp³-hybridized carbons (Fsp3) is 0.515. The number of benzene rings is 2. The van der Waals surface area contributed by atoms with E-state index < -0.39 is 235 Å².